The van der Waals surface area contributed by atoms with Crippen molar-refractivity contribution in [3.63, 3.8) is 0 Å². The average molecular weight is 267 g/mol. The van der Waals surface area contributed by atoms with E-state index in [0.29, 0.717) is 16.3 Å². The largest absolute Gasteiger partial charge is 0.397 e. The van der Waals surface area contributed by atoms with Gasteiger partial charge < -0.3 is 10.3 Å². The molecule has 0 radical (unpaired) electrons. The molecule has 1 aromatic carbocycles. The number of halogens is 2. The molecule has 0 atom stereocenters. The molecule has 18 heavy (non-hydrogen) atoms. The molecule has 0 spiro atoms. The van der Waals surface area contributed by atoms with Gasteiger partial charge in [0.1, 0.15) is 5.82 Å². The highest BCUT2D eigenvalue weighted by Crippen LogP contribution is 2.20. The van der Waals surface area contributed by atoms with Gasteiger partial charge in [0.25, 0.3) is 5.56 Å². The lowest BCUT2D eigenvalue weighted by atomic mass is 10.2. The molecule has 1 aromatic heterocycles. The second kappa shape index (κ2) is 4.82. The normalized spacial score (nSPS) is 10.6. The van der Waals surface area contributed by atoms with Crippen LogP contribution in [0.25, 0.3) is 0 Å². The summed E-state index contributed by atoms with van der Waals surface area (Å²) in [5.41, 5.74) is 6.97. The first-order chi connectivity index (χ1) is 8.49. The van der Waals surface area contributed by atoms with Crippen LogP contribution in [0.15, 0.2) is 35.3 Å². The molecule has 3 nitrogen and oxygen atoms in total. The van der Waals surface area contributed by atoms with Gasteiger partial charge in [-0.2, -0.15) is 0 Å². The van der Waals surface area contributed by atoms with Crippen LogP contribution in [0.4, 0.5) is 10.1 Å². The standard InChI is InChI=1S/C13H12ClFN2O/c1-8-5-13(18)17(7-12(8)16)6-9-10(14)3-2-4-11(9)15/h2-5,7H,6,16H2,1H3. The first kappa shape index (κ1) is 12.6. The van der Waals surface area contributed by atoms with Crippen molar-refractivity contribution in [2.75, 3.05) is 5.73 Å². The molecule has 2 rings (SSSR count). The molecule has 94 valence electrons. The highest BCUT2D eigenvalue weighted by atomic mass is 35.5. The topological polar surface area (TPSA) is 48.0 Å². The summed E-state index contributed by atoms with van der Waals surface area (Å²) in [4.78, 5) is 11.8. The second-order valence-corrected chi connectivity index (χ2v) is 4.49. The molecule has 0 aliphatic heterocycles. The van der Waals surface area contributed by atoms with E-state index in [1.807, 2.05) is 0 Å². The Hall–Kier alpha value is -1.81. The van der Waals surface area contributed by atoms with E-state index < -0.39 is 5.82 Å². The molecular weight excluding hydrogens is 255 g/mol. The van der Waals surface area contributed by atoms with Crippen molar-refractivity contribution in [1.82, 2.24) is 4.57 Å². The van der Waals surface area contributed by atoms with Crippen molar-refractivity contribution in [3.05, 3.63) is 62.8 Å². The molecule has 0 amide bonds. The molecule has 0 unspecified atom stereocenters. The van der Waals surface area contributed by atoms with Crippen molar-refractivity contribution >= 4 is 17.3 Å². The van der Waals surface area contributed by atoms with Crippen LogP contribution in [-0.2, 0) is 6.54 Å². The number of pyridine rings is 1. The quantitative estimate of drug-likeness (QED) is 0.908. The lowest BCUT2D eigenvalue weighted by Crippen LogP contribution is -2.21. The third-order valence-corrected chi connectivity index (χ3v) is 3.12. The number of anilines is 1. The Morgan fingerprint density at radius 3 is 2.83 bits per heavy atom. The van der Waals surface area contributed by atoms with Gasteiger partial charge >= 0.3 is 0 Å². The summed E-state index contributed by atoms with van der Waals surface area (Å²) in [6.07, 6.45) is 1.50. The van der Waals surface area contributed by atoms with E-state index in [0.717, 1.165) is 0 Å². The van der Waals surface area contributed by atoms with Gasteiger partial charge in [-0.25, -0.2) is 4.39 Å². The van der Waals surface area contributed by atoms with E-state index in [4.69, 9.17) is 17.3 Å². The van der Waals surface area contributed by atoms with E-state index in [-0.39, 0.29) is 17.7 Å². The minimum Gasteiger partial charge on any atom is -0.397 e. The maximum atomic E-state index is 13.6. The molecule has 2 aromatic rings. The van der Waals surface area contributed by atoms with Crippen molar-refractivity contribution in [1.29, 1.82) is 0 Å². The fourth-order valence-corrected chi connectivity index (χ4v) is 1.88. The number of benzene rings is 1. The highest BCUT2D eigenvalue weighted by molar-refractivity contribution is 6.31. The minimum atomic E-state index is -0.437. The molecule has 0 saturated carbocycles. The summed E-state index contributed by atoms with van der Waals surface area (Å²) in [6, 6.07) is 5.84. The van der Waals surface area contributed by atoms with Crippen LogP contribution in [0.2, 0.25) is 5.02 Å². The predicted octanol–water partition coefficient (Wildman–Crippen LogP) is 2.58. The summed E-state index contributed by atoms with van der Waals surface area (Å²) in [5, 5.41) is 0.293. The molecule has 0 saturated heterocycles. The van der Waals surface area contributed by atoms with Crippen LogP contribution >= 0.6 is 11.6 Å². The fraction of sp³-hybridized carbons (Fsp3) is 0.154. The molecule has 1 heterocycles. The number of aryl methyl sites for hydroxylation is 1. The second-order valence-electron chi connectivity index (χ2n) is 4.08. The zero-order valence-electron chi connectivity index (χ0n) is 9.78. The molecular formula is C13H12ClFN2O. The van der Waals surface area contributed by atoms with Gasteiger partial charge in [-0.15, -0.1) is 0 Å². The zero-order chi connectivity index (χ0) is 13.3. The van der Waals surface area contributed by atoms with Crippen molar-refractivity contribution in [2.45, 2.75) is 13.5 Å². The molecule has 0 aliphatic carbocycles. The van der Waals surface area contributed by atoms with Gasteiger partial charge in [-0.05, 0) is 24.6 Å². The fourth-order valence-electron chi connectivity index (χ4n) is 1.66. The molecule has 0 bridgehead atoms. The summed E-state index contributed by atoms with van der Waals surface area (Å²) < 4.78 is 15.0. The molecule has 2 N–H and O–H groups in total. The first-order valence-corrected chi connectivity index (χ1v) is 5.76. The van der Waals surface area contributed by atoms with Crippen LogP contribution in [0.3, 0.4) is 0 Å². The van der Waals surface area contributed by atoms with Gasteiger partial charge in [-0.1, -0.05) is 17.7 Å². The van der Waals surface area contributed by atoms with Crippen molar-refractivity contribution in [3.8, 4) is 0 Å². The number of nitrogen functional groups attached to an aromatic ring is 1. The Morgan fingerprint density at radius 2 is 2.17 bits per heavy atom. The Balaban J connectivity index is 2.47. The molecule has 5 heteroatoms. The van der Waals surface area contributed by atoms with Gasteiger partial charge in [0.05, 0.1) is 12.2 Å². The van der Waals surface area contributed by atoms with Crippen LogP contribution in [0.5, 0.6) is 0 Å². The number of aromatic nitrogens is 1. The Labute approximate surface area is 109 Å². The minimum absolute atomic E-state index is 0.0643. The van der Waals surface area contributed by atoms with Gasteiger partial charge in [-0.3, -0.25) is 4.79 Å². The number of hydrogen-bond donors (Lipinski definition) is 1. The molecule has 0 fully saturated rings. The van der Waals surface area contributed by atoms with E-state index in [9.17, 15) is 9.18 Å². The summed E-state index contributed by atoms with van der Waals surface area (Å²) >= 11 is 5.92. The predicted molar refractivity (Wildman–Crippen MR) is 70.4 cm³/mol. The average Bonchev–Trinajstić information content (AvgIpc) is 2.30. The summed E-state index contributed by atoms with van der Waals surface area (Å²) in [5.74, 6) is -0.437. The lowest BCUT2D eigenvalue weighted by molar-refractivity contribution is 0.596. The van der Waals surface area contributed by atoms with Gasteiger partial charge in [0, 0.05) is 22.8 Å². The third-order valence-electron chi connectivity index (χ3n) is 2.76. The third kappa shape index (κ3) is 2.38. The summed E-state index contributed by atoms with van der Waals surface area (Å²) in [6.45, 7) is 1.81. The highest BCUT2D eigenvalue weighted by Gasteiger charge is 2.09. The van der Waals surface area contributed by atoms with Crippen LogP contribution in [0.1, 0.15) is 11.1 Å². The van der Waals surface area contributed by atoms with E-state index in [1.54, 1.807) is 13.0 Å². The first-order valence-electron chi connectivity index (χ1n) is 5.38. The van der Waals surface area contributed by atoms with Gasteiger partial charge in [0.15, 0.2) is 0 Å². The van der Waals surface area contributed by atoms with Crippen LogP contribution < -0.4 is 11.3 Å². The summed E-state index contributed by atoms with van der Waals surface area (Å²) in [7, 11) is 0. The maximum Gasteiger partial charge on any atom is 0.251 e. The monoisotopic (exact) mass is 266 g/mol. The number of hydrogen-bond acceptors (Lipinski definition) is 2. The number of nitrogens with zero attached hydrogens (tertiary/aromatic N) is 1. The Kier molecular flexibility index (Phi) is 3.39. The lowest BCUT2D eigenvalue weighted by Gasteiger charge is -2.10. The number of nitrogens with two attached hydrogens (primary N) is 1. The Bertz CT molecular complexity index is 632. The van der Waals surface area contributed by atoms with Crippen molar-refractivity contribution < 1.29 is 4.39 Å². The van der Waals surface area contributed by atoms with Crippen LogP contribution in [0, 0.1) is 12.7 Å². The zero-order valence-corrected chi connectivity index (χ0v) is 10.5. The maximum absolute atomic E-state index is 13.6. The SMILES string of the molecule is Cc1cc(=O)n(Cc2c(F)cccc2Cl)cc1N. The Morgan fingerprint density at radius 1 is 1.44 bits per heavy atom. The van der Waals surface area contributed by atoms with Crippen molar-refractivity contribution in [2.24, 2.45) is 0 Å². The van der Waals surface area contributed by atoms with E-state index in [2.05, 4.69) is 0 Å². The number of rotatable bonds is 2. The smallest absolute Gasteiger partial charge is 0.251 e. The molecule has 0 aliphatic rings. The van der Waals surface area contributed by atoms with Gasteiger partial charge in [0.2, 0.25) is 0 Å². The van der Waals surface area contributed by atoms with E-state index in [1.165, 1.54) is 29.0 Å². The van der Waals surface area contributed by atoms with E-state index >= 15 is 0 Å². The van der Waals surface area contributed by atoms with Crippen LogP contribution in [-0.4, -0.2) is 4.57 Å².